The average Bonchev–Trinajstić information content (AvgIpc) is 2.69. The van der Waals surface area contributed by atoms with Crippen molar-refractivity contribution in [3.8, 4) is 17.4 Å². The van der Waals surface area contributed by atoms with Crippen LogP contribution in [0.1, 0.15) is 5.56 Å². The molecule has 0 atom stereocenters. The monoisotopic (exact) mass is 403 g/mol. The first kappa shape index (κ1) is 20.0. The van der Waals surface area contributed by atoms with Gasteiger partial charge in [0.15, 0.2) is 0 Å². The number of benzene rings is 2. The third-order valence-corrected chi connectivity index (χ3v) is 3.74. The second-order valence-corrected chi connectivity index (χ2v) is 5.79. The molecular formula is C20H16F3N3O3. The summed E-state index contributed by atoms with van der Waals surface area (Å²) >= 11 is 0. The molecule has 0 bridgehead atoms. The zero-order valence-electron chi connectivity index (χ0n) is 15.2. The van der Waals surface area contributed by atoms with Crippen LogP contribution in [-0.4, -0.2) is 18.1 Å². The number of carbonyl (C=O) groups is 1. The predicted octanol–water partition coefficient (Wildman–Crippen LogP) is 5.55. The van der Waals surface area contributed by atoms with E-state index < -0.39 is 17.8 Å². The third kappa shape index (κ3) is 5.38. The molecule has 2 N–H and O–H groups in total. The van der Waals surface area contributed by atoms with E-state index in [0.29, 0.717) is 11.5 Å². The van der Waals surface area contributed by atoms with E-state index in [4.69, 9.17) is 9.47 Å². The highest BCUT2D eigenvalue weighted by Crippen LogP contribution is 2.31. The lowest BCUT2D eigenvalue weighted by atomic mass is 10.2. The Labute approximate surface area is 164 Å². The number of anilines is 2. The highest BCUT2D eigenvalue weighted by Gasteiger charge is 2.30. The van der Waals surface area contributed by atoms with Gasteiger partial charge in [-0.25, -0.2) is 9.78 Å². The molecule has 0 unspecified atom stereocenters. The molecule has 29 heavy (non-hydrogen) atoms. The van der Waals surface area contributed by atoms with E-state index in [0.717, 1.165) is 12.1 Å². The Morgan fingerprint density at radius 2 is 1.69 bits per heavy atom. The van der Waals surface area contributed by atoms with E-state index in [9.17, 15) is 18.0 Å². The summed E-state index contributed by atoms with van der Waals surface area (Å²) in [6, 6.07) is 13.5. The molecule has 0 saturated heterocycles. The van der Waals surface area contributed by atoms with Gasteiger partial charge in [0.25, 0.3) is 0 Å². The number of halogens is 3. The van der Waals surface area contributed by atoms with Gasteiger partial charge in [-0.3, -0.25) is 0 Å². The number of pyridine rings is 1. The molecule has 6 nitrogen and oxygen atoms in total. The number of nitrogens with zero attached hydrogens (tertiary/aromatic N) is 1. The molecule has 3 rings (SSSR count). The van der Waals surface area contributed by atoms with E-state index >= 15 is 0 Å². The SMILES string of the molecule is COc1ccc(Oc2ncccc2NC(=O)Nc2cccc(C(F)(F)F)c2)cc1. The number of methoxy groups -OCH3 is 1. The van der Waals surface area contributed by atoms with E-state index in [2.05, 4.69) is 15.6 Å². The Balaban J connectivity index is 1.71. The van der Waals surface area contributed by atoms with E-state index in [1.807, 2.05) is 0 Å². The lowest BCUT2D eigenvalue weighted by Crippen LogP contribution is -2.20. The normalized spacial score (nSPS) is 10.9. The summed E-state index contributed by atoms with van der Waals surface area (Å²) in [5.74, 6) is 1.24. The molecule has 1 heterocycles. The topological polar surface area (TPSA) is 72.5 Å². The standard InChI is InChI=1S/C20H16F3N3O3/c1-28-15-7-9-16(10-8-15)29-18-17(6-3-11-24-18)26-19(27)25-14-5-2-4-13(12-14)20(21,22)23/h2-12H,1H3,(H2,25,26,27). The van der Waals surface area contributed by atoms with Gasteiger partial charge in [-0.05, 0) is 54.6 Å². The Morgan fingerprint density at radius 3 is 2.38 bits per heavy atom. The van der Waals surface area contributed by atoms with Crippen molar-refractivity contribution in [3.63, 3.8) is 0 Å². The number of aromatic nitrogens is 1. The van der Waals surface area contributed by atoms with Gasteiger partial charge >= 0.3 is 12.2 Å². The highest BCUT2D eigenvalue weighted by molar-refractivity contribution is 6.00. The zero-order chi connectivity index (χ0) is 20.9. The Hall–Kier alpha value is -3.75. The second-order valence-electron chi connectivity index (χ2n) is 5.79. The van der Waals surface area contributed by atoms with Crippen LogP contribution in [0.15, 0.2) is 66.9 Å². The summed E-state index contributed by atoms with van der Waals surface area (Å²) in [7, 11) is 1.54. The number of hydrogen-bond acceptors (Lipinski definition) is 4. The van der Waals surface area contributed by atoms with Gasteiger partial charge in [0.1, 0.15) is 17.2 Å². The van der Waals surface area contributed by atoms with Gasteiger partial charge in [0.05, 0.1) is 12.7 Å². The molecule has 0 fully saturated rings. The summed E-state index contributed by atoms with van der Waals surface area (Å²) in [6.07, 6.45) is -3.02. The zero-order valence-corrected chi connectivity index (χ0v) is 15.2. The summed E-state index contributed by atoms with van der Waals surface area (Å²) in [6.45, 7) is 0. The minimum absolute atomic E-state index is 0.00108. The smallest absolute Gasteiger partial charge is 0.416 e. The Bertz CT molecular complexity index is 992. The quantitative estimate of drug-likeness (QED) is 0.586. The maximum Gasteiger partial charge on any atom is 0.416 e. The predicted molar refractivity (Wildman–Crippen MR) is 101 cm³/mol. The molecule has 0 aliphatic rings. The van der Waals surface area contributed by atoms with Gasteiger partial charge < -0.3 is 20.1 Å². The van der Waals surface area contributed by atoms with Crippen molar-refractivity contribution in [2.45, 2.75) is 6.18 Å². The molecule has 0 radical (unpaired) electrons. The molecule has 2 amide bonds. The molecule has 150 valence electrons. The van der Waals surface area contributed by atoms with Crippen LogP contribution in [0.25, 0.3) is 0 Å². The maximum absolute atomic E-state index is 12.8. The van der Waals surface area contributed by atoms with Crippen molar-refractivity contribution < 1.29 is 27.4 Å². The summed E-state index contributed by atoms with van der Waals surface area (Å²) in [5, 5.41) is 4.88. The van der Waals surface area contributed by atoms with Gasteiger partial charge in [-0.2, -0.15) is 13.2 Å². The summed E-state index contributed by atoms with van der Waals surface area (Å²) in [5.41, 5.74) is -0.619. The molecule has 1 aromatic heterocycles. The fourth-order valence-corrected chi connectivity index (χ4v) is 2.38. The van der Waals surface area contributed by atoms with Crippen molar-refractivity contribution in [2.75, 3.05) is 17.7 Å². The number of amides is 2. The Morgan fingerprint density at radius 1 is 0.966 bits per heavy atom. The largest absolute Gasteiger partial charge is 0.497 e. The first-order valence-corrected chi connectivity index (χ1v) is 8.37. The minimum atomic E-state index is -4.50. The summed E-state index contributed by atoms with van der Waals surface area (Å²) < 4.78 is 49.1. The van der Waals surface area contributed by atoms with Crippen molar-refractivity contribution in [3.05, 3.63) is 72.4 Å². The number of ether oxygens (including phenoxy) is 2. The van der Waals surface area contributed by atoms with Gasteiger partial charge in [0, 0.05) is 11.9 Å². The fourth-order valence-electron chi connectivity index (χ4n) is 2.38. The van der Waals surface area contributed by atoms with Crippen LogP contribution in [-0.2, 0) is 6.18 Å². The highest BCUT2D eigenvalue weighted by atomic mass is 19.4. The van der Waals surface area contributed by atoms with Crippen LogP contribution in [0.5, 0.6) is 17.4 Å². The maximum atomic E-state index is 12.8. The van der Waals surface area contributed by atoms with E-state index in [1.165, 1.54) is 18.3 Å². The molecule has 0 aliphatic carbocycles. The lowest BCUT2D eigenvalue weighted by Gasteiger charge is -2.13. The van der Waals surface area contributed by atoms with Gasteiger partial charge in [0.2, 0.25) is 5.88 Å². The van der Waals surface area contributed by atoms with E-state index in [-0.39, 0.29) is 17.3 Å². The number of hydrogen-bond donors (Lipinski definition) is 2. The van der Waals surface area contributed by atoms with E-state index in [1.54, 1.807) is 43.5 Å². The Kier molecular flexibility index (Phi) is 5.87. The number of carbonyl (C=O) groups excluding carboxylic acids is 1. The van der Waals surface area contributed by atoms with Crippen molar-refractivity contribution in [1.82, 2.24) is 4.98 Å². The number of nitrogens with one attached hydrogen (secondary N) is 2. The molecule has 0 aliphatic heterocycles. The van der Waals surface area contributed by atoms with Gasteiger partial charge in [-0.1, -0.05) is 6.07 Å². The van der Waals surface area contributed by atoms with Crippen molar-refractivity contribution in [2.24, 2.45) is 0 Å². The van der Waals surface area contributed by atoms with Crippen LogP contribution < -0.4 is 20.1 Å². The molecule has 0 saturated carbocycles. The molecule has 3 aromatic rings. The third-order valence-electron chi connectivity index (χ3n) is 3.74. The molecule has 2 aromatic carbocycles. The average molecular weight is 403 g/mol. The first-order chi connectivity index (χ1) is 13.8. The van der Waals surface area contributed by atoms with Crippen LogP contribution >= 0.6 is 0 Å². The van der Waals surface area contributed by atoms with Crippen LogP contribution in [0.4, 0.5) is 29.3 Å². The second kappa shape index (κ2) is 8.51. The van der Waals surface area contributed by atoms with Crippen LogP contribution in [0, 0.1) is 0 Å². The molecule has 9 heteroatoms. The first-order valence-electron chi connectivity index (χ1n) is 8.37. The summed E-state index contributed by atoms with van der Waals surface area (Å²) in [4.78, 5) is 16.3. The number of alkyl halides is 3. The number of rotatable bonds is 5. The molecular weight excluding hydrogens is 387 g/mol. The number of urea groups is 1. The lowest BCUT2D eigenvalue weighted by molar-refractivity contribution is -0.137. The minimum Gasteiger partial charge on any atom is -0.497 e. The van der Waals surface area contributed by atoms with Gasteiger partial charge in [-0.15, -0.1) is 0 Å². The van der Waals surface area contributed by atoms with Crippen molar-refractivity contribution >= 4 is 17.4 Å². The fraction of sp³-hybridized carbons (Fsp3) is 0.100. The van der Waals surface area contributed by atoms with Crippen molar-refractivity contribution in [1.29, 1.82) is 0 Å². The molecule has 0 spiro atoms. The van der Waals surface area contributed by atoms with Crippen LogP contribution in [0.2, 0.25) is 0 Å². The van der Waals surface area contributed by atoms with Crippen LogP contribution in [0.3, 0.4) is 0 Å².